The Bertz CT molecular complexity index is 2830. The molecule has 2 heterocycles. The van der Waals surface area contributed by atoms with Crippen LogP contribution < -0.4 is 0 Å². The topological polar surface area (TPSA) is 30.7 Å². The van der Waals surface area contributed by atoms with E-state index in [0.29, 0.717) is 0 Å². The summed E-state index contributed by atoms with van der Waals surface area (Å²) in [4.78, 5) is 9.43. The first-order valence-corrected chi connectivity index (χ1v) is 16.7. The van der Waals surface area contributed by atoms with E-state index < -0.39 is 0 Å². The zero-order valence-corrected chi connectivity index (χ0v) is 26.6. The first-order chi connectivity index (χ1) is 24.3. The van der Waals surface area contributed by atoms with Crippen LogP contribution in [0, 0.1) is 0 Å². The molecule has 3 heteroatoms. The number of nitrogens with zero attached hydrogens (tertiary/aromatic N) is 3. The lowest BCUT2D eigenvalue weighted by atomic mass is 9.94. The fourth-order valence-corrected chi connectivity index (χ4v) is 7.55. The molecule has 0 N–H and O–H groups in total. The molecular weight excluding hydrogens is 595 g/mol. The molecule has 0 amide bonds. The summed E-state index contributed by atoms with van der Waals surface area (Å²) in [6.07, 6.45) is 3.56. The van der Waals surface area contributed by atoms with Gasteiger partial charge in [-0.05, 0) is 86.6 Å². The highest BCUT2D eigenvalue weighted by atomic mass is 15.0. The molecular formula is C46H29N3. The monoisotopic (exact) mass is 623 g/mol. The lowest BCUT2D eigenvalue weighted by Crippen LogP contribution is -1.93. The van der Waals surface area contributed by atoms with Crippen molar-refractivity contribution in [1.82, 2.24) is 14.5 Å². The van der Waals surface area contributed by atoms with E-state index in [4.69, 9.17) is 9.97 Å². The summed E-state index contributed by atoms with van der Waals surface area (Å²) in [5.74, 6) is 0. The molecule has 0 saturated carbocycles. The third kappa shape index (κ3) is 4.44. The first-order valence-electron chi connectivity index (χ1n) is 16.7. The summed E-state index contributed by atoms with van der Waals surface area (Å²) >= 11 is 0. The number of para-hydroxylation sites is 1. The first kappa shape index (κ1) is 27.5. The van der Waals surface area contributed by atoms with Crippen LogP contribution >= 0.6 is 0 Å². The smallest absolute Gasteiger partial charge is 0.0971 e. The van der Waals surface area contributed by atoms with E-state index in [-0.39, 0.29) is 0 Å². The summed E-state index contributed by atoms with van der Waals surface area (Å²) in [5, 5.41) is 7.13. The minimum Gasteiger partial charge on any atom is -0.309 e. The van der Waals surface area contributed by atoms with E-state index >= 15 is 0 Å². The molecule has 228 valence electrons. The number of benzene rings is 8. The minimum absolute atomic E-state index is 0.941. The average Bonchev–Trinajstić information content (AvgIpc) is 3.52. The second kappa shape index (κ2) is 11.0. The van der Waals surface area contributed by atoms with Crippen molar-refractivity contribution in [3.05, 3.63) is 176 Å². The standard InChI is InChI=1S/C46H29N3/c1-2-9-30(10-3-1)31-17-21-36(22-18-31)49-43-16-7-6-14-38(43)42-29-35(20-24-44(42)49)33-12-8-11-32(27-33)34-19-23-40-41(28-34)37-13-4-5-15-39(37)45-46(40)48-26-25-47-45/h1-29H. The van der Waals surface area contributed by atoms with Crippen LogP contribution in [0.4, 0.5) is 0 Å². The van der Waals surface area contributed by atoms with Crippen molar-refractivity contribution in [2.45, 2.75) is 0 Å². The van der Waals surface area contributed by atoms with Crippen LogP contribution in [0.2, 0.25) is 0 Å². The maximum absolute atomic E-state index is 4.74. The van der Waals surface area contributed by atoms with E-state index in [2.05, 4.69) is 168 Å². The van der Waals surface area contributed by atoms with Gasteiger partial charge in [-0.2, -0.15) is 0 Å². The van der Waals surface area contributed by atoms with Gasteiger partial charge in [0, 0.05) is 39.6 Å². The molecule has 8 aromatic carbocycles. The van der Waals surface area contributed by atoms with Crippen molar-refractivity contribution in [1.29, 1.82) is 0 Å². The molecule has 0 saturated heterocycles. The average molecular weight is 624 g/mol. The van der Waals surface area contributed by atoms with Crippen LogP contribution in [-0.4, -0.2) is 14.5 Å². The fourth-order valence-electron chi connectivity index (χ4n) is 7.55. The molecule has 49 heavy (non-hydrogen) atoms. The Kier molecular flexibility index (Phi) is 6.18. The molecule has 0 radical (unpaired) electrons. The van der Waals surface area contributed by atoms with Gasteiger partial charge in [-0.15, -0.1) is 0 Å². The van der Waals surface area contributed by atoms with Crippen molar-refractivity contribution >= 4 is 54.4 Å². The van der Waals surface area contributed by atoms with Crippen molar-refractivity contribution in [2.75, 3.05) is 0 Å². The Morgan fingerprint density at radius 1 is 0.306 bits per heavy atom. The van der Waals surface area contributed by atoms with Crippen LogP contribution in [-0.2, 0) is 0 Å². The molecule has 10 aromatic rings. The van der Waals surface area contributed by atoms with E-state index in [1.165, 1.54) is 66.0 Å². The Labute approximate surface area is 283 Å². The van der Waals surface area contributed by atoms with Crippen molar-refractivity contribution in [2.24, 2.45) is 0 Å². The van der Waals surface area contributed by atoms with Crippen LogP contribution in [0.5, 0.6) is 0 Å². The largest absolute Gasteiger partial charge is 0.309 e. The molecule has 0 atom stereocenters. The van der Waals surface area contributed by atoms with Crippen LogP contribution in [0.3, 0.4) is 0 Å². The fraction of sp³-hybridized carbons (Fsp3) is 0. The molecule has 0 unspecified atom stereocenters. The summed E-state index contributed by atoms with van der Waals surface area (Å²) in [7, 11) is 0. The maximum atomic E-state index is 4.74. The Morgan fingerprint density at radius 2 is 0.816 bits per heavy atom. The highest BCUT2D eigenvalue weighted by Crippen LogP contribution is 2.38. The van der Waals surface area contributed by atoms with Gasteiger partial charge < -0.3 is 4.57 Å². The third-order valence-corrected chi connectivity index (χ3v) is 9.88. The summed E-state index contributed by atoms with van der Waals surface area (Å²) < 4.78 is 2.38. The maximum Gasteiger partial charge on any atom is 0.0971 e. The van der Waals surface area contributed by atoms with Gasteiger partial charge in [0.05, 0.1) is 22.1 Å². The lowest BCUT2D eigenvalue weighted by molar-refractivity contribution is 1.18. The second-order valence-corrected chi connectivity index (χ2v) is 12.6. The summed E-state index contributed by atoms with van der Waals surface area (Å²) in [6.45, 7) is 0. The zero-order valence-electron chi connectivity index (χ0n) is 26.6. The SMILES string of the molecule is c1ccc(-c2ccc(-n3c4ccccc4c4cc(-c5cccc(-c6ccc7c(c6)c6ccccc6c6nccnc76)c5)ccc43)cc2)cc1. The van der Waals surface area contributed by atoms with E-state index in [1.54, 1.807) is 12.4 Å². The molecule has 3 nitrogen and oxygen atoms in total. The van der Waals surface area contributed by atoms with Gasteiger partial charge in [0.2, 0.25) is 0 Å². The molecule has 0 aliphatic heterocycles. The predicted octanol–water partition coefficient (Wildman–Crippen LogP) is 12.0. The van der Waals surface area contributed by atoms with Crippen LogP contribution in [0.25, 0.3) is 93.5 Å². The van der Waals surface area contributed by atoms with Gasteiger partial charge in [-0.1, -0.05) is 121 Å². The third-order valence-electron chi connectivity index (χ3n) is 9.88. The summed E-state index contributed by atoms with van der Waals surface area (Å²) in [5.41, 5.74) is 12.6. The van der Waals surface area contributed by atoms with E-state index in [9.17, 15) is 0 Å². The zero-order chi connectivity index (χ0) is 32.3. The quantitative estimate of drug-likeness (QED) is 0.183. The Hall–Kier alpha value is -6.58. The van der Waals surface area contributed by atoms with Crippen molar-refractivity contribution in [3.63, 3.8) is 0 Å². The number of rotatable bonds is 4. The normalized spacial score (nSPS) is 11.7. The van der Waals surface area contributed by atoms with E-state index in [0.717, 1.165) is 27.5 Å². The van der Waals surface area contributed by atoms with Crippen LogP contribution in [0.1, 0.15) is 0 Å². The van der Waals surface area contributed by atoms with Gasteiger partial charge in [0.15, 0.2) is 0 Å². The Balaban J connectivity index is 1.08. The number of hydrogen-bond donors (Lipinski definition) is 0. The molecule has 10 rings (SSSR count). The van der Waals surface area contributed by atoms with Crippen LogP contribution in [0.15, 0.2) is 176 Å². The van der Waals surface area contributed by atoms with Gasteiger partial charge in [0.25, 0.3) is 0 Å². The lowest BCUT2D eigenvalue weighted by Gasteiger charge is -2.12. The number of fused-ring (bicyclic) bond motifs is 9. The molecule has 0 fully saturated rings. The summed E-state index contributed by atoms with van der Waals surface area (Å²) in [6, 6.07) is 59.2. The predicted molar refractivity (Wildman–Crippen MR) is 205 cm³/mol. The number of hydrogen-bond acceptors (Lipinski definition) is 2. The van der Waals surface area contributed by atoms with Crippen molar-refractivity contribution < 1.29 is 0 Å². The van der Waals surface area contributed by atoms with Gasteiger partial charge >= 0.3 is 0 Å². The molecule has 0 bridgehead atoms. The van der Waals surface area contributed by atoms with Gasteiger partial charge in [-0.25, -0.2) is 0 Å². The molecule has 0 aliphatic carbocycles. The van der Waals surface area contributed by atoms with E-state index in [1.807, 2.05) is 0 Å². The molecule has 0 spiro atoms. The van der Waals surface area contributed by atoms with Gasteiger partial charge in [-0.3, -0.25) is 9.97 Å². The highest BCUT2D eigenvalue weighted by Gasteiger charge is 2.15. The highest BCUT2D eigenvalue weighted by molar-refractivity contribution is 6.23. The number of aromatic nitrogens is 3. The van der Waals surface area contributed by atoms with Crippen molar-refractivity contribution in [3.8, 4) is 39.1 Å². The van der Waals surface area contributed by atoms with Gasteiger partial charge in [0.1, 0.15) is 0 Å². The minimum atomic E-state index is 0.941. The molecule has 2 aromatic heterocycles. The molecule has 0 aliphatic rings. The Morgan fingerprint density at radius 3 is 1.57 bits per heavy atom. The second-order valence-electron chi connectivity index (χ2n) is 12.6.